The minimum atomic E-state index is -0.665. The number of nitro benzene ring substituents is 1. The van der Waals surface area contributed by atoms with Crippen LogP contribution >= 0.6 is 0 Å². The average Bonchev–Trinajstić information content (AvgIpc) is 2.60. The van der Waals surface area contributed by atoms with Gasteiger partial charge in [-0.1, -0.05) is 42.5 Å². The van der Waals surface area contributed by atoms with Crippen molar-refractivity contribution in [2.24, 2.45) is 0 Å². The maximum atomic E-state index is 12.0. The normalized spacial score (nSPS) is 10.8. The molecular weight excluding hydrogens is 310 g/mol. The van der Waals surface area contributed by atoms with Crippen LogP contribution in [0.25, 0.3) is 0 Å². The van der Waals surface area contributed by atoms with Crippen molar-refractivity contribution >= 4 is 17.4 Å². The number of amides is 1. The highest BCUT2D eigenvalue weighted by molar-refractivity contribution is 6.04. The summed E-state index contributed by atoms with van der Waals surface area (Å²) in [7, 11) is 0. The quantitative estimate of drug-likeness (QED) is 0.368. The molecule has 0 bridgehead atoms. The third kappa shape index (κ3) is 4.26. The Labute approximate surface area is 138 Å². The van der Waals surface area contributed by atoms with Gasteiger partial charge in [-0.3, -0.25) is 25.1 Å². The fourth-order valence-electron chi connectivity index (χ4n) is 1.97. The van der Waals surface area contributed by atoms with Crippen LogP contribution in [0.5, 0.6) is 0 Å². The molecule has 0 unspecified atom stereocenters. The van der Waals surface area contributed by atoms with Crippen LogP contribution in [0, 0.1) is 10.1 Å². The molecule has 0 aromatic heterocycles. The molecule has 0 saturated heterocycles. The smallest absolute Gasteiger partial charge is 0.282 e. The summed E-state index contributed by atoms with van der Waals surface area (Å²) >= 11 is 0. The Hall–Kier alpha value is -3.48. The SMILES string of the molecule is CC(=CC(=O)c1ccccc1)NNC(=O)c1ccccc1[N+](=O)[O-]. The number of ketones is 1. The molecule has 0 aliphatic carbocycles. The lowest BCUT2D eigenvalue weighted by Crippen LogP contribution is -2.36. The minimum Gasteiger partial charge on any atom is -0.303 e. The lowest BCUT2D eigenvalue weighted by Gasteiger charge is -2.09. The van der Waals surface area contributed by atoms with Gasteiger partial charge in [-0.2, -0.15) is 0 Å². The number of para-hydroxylation sites is 1. The number of nitrogens with one attached hydrogen (secondary N) is 2. The maximum Gasteiger partial charge on any atom is 0.282 e. The van der Waals surface area contributed by atoms with E-state index < -0.39 is 10.8 Å². The summed E-state index contributed by atoms with van der Waals surface area (Å²) < 4.78 is 0. The molecule has 0 aliphatic heterocycles. The first-order valence-corrected chi connectivity index (χ1v) is 7.06. The largest absolute Gasteiger partial charge is 0.303 e. The second kappa shape index (κ2) is 7.68. The van der Waals surface area contributed by atoms with Crippen LogP contribution in [0.2, 0.25) is 0 Å². The van der Waals surface area contributed by atoms with Gasteiger partial charge in [0.2, 0.25) is 0 Å². The fraction of sp³-hybridized carbons (Fsp3) is 0.0588. The fourth-order valence-corrected chi connectivity index (χ4v) is 1.97. The molecule has 0 radical (unpaired) electrons. The van der Waals surface area contributed by atoms with E-state index in [4.69, 9.17) is 0 Å². The van der Waals surface area contributed by atoms with E-state index in [0.29, 0.717) is 11.3 Å². The average molecular weight is 325 g/mol. The van der Waals surface area contributed by atoms with Gasteiger partial charge in [0.15, 0.2) is 5.78 Å². The molecule has 0 fully saturated rings. The van der Waals surface area contributed by atoms with Gasteiger partial charge in [0.1, 0.15) is 5.56 Å². The predicted molar refractivity (Wildman–Crippen MR) is 88.2 cm³/mol. The van der Waals surface area contributed by atoms with E-state index in [1.807, 2.05) is 0 Å². The zero-order valence-corrected chi connectivity index (χ0v) is 12.9. The Morgan fingerprint density at radius 3 is 2.29 bits per heavy atom. The molecule has 24 heavy (non-hydrogen) atoms. The maximum absolute atomic E-state index is 12.0. The standard InChI is InChI=1S/C17H15N3O4/c1-12(11-16(21)13-7-3-2-4-8-13)18-19-17(22)14-9-5-6-10-15(14)20(23)24/h2-11,18H,1H3,(H,19,22). The molecule has 0 heterocycles. The number of nitrogens with zero attached hydrogens (tertiary/aromatic N) is 1. The van der Waals surface area contributed by atoms with Gasteiger partial charge in [0.25, 0.3) is 11.6 Å². The Morgan fingerprint density at radius 1 is 1.00 bits per heavy atom. The van der Waals surface area contributed by atoms with E-state index in [1.165, 1.54) is 30.3 Å². The number of nitro groups is 1. The van der Waals surface area contributed by atoms with E-state index in [1.54, 1.807) is 37.3 Å². The number of hydrazine groups is 1. The van der Waals surface area contributed by atoms with Crippen LogP contribution in [0.15, 0.2) is 66.4 Å². The van der Waals surface area contributed by atoms with Crippen LogP contribution in [0.1, 0.15) is 27.6 Å². The van der Waals surface area contributed by atoms with Crippen LogP contribution in [0.4, 0.5) is 5.69 Å². The number of hydrogen-bond acceptors (Lipinski definition) is 5. The molecule has 2 aromatic rings. The highest BCUT2D eigenvalue weighted by Gasteiger charge is 2.18. The van der Waals surface area contributed by atoms with Crippen LogP contribution in [-0.2, 0) is 0 Å². The summed E-state index contributed by atoms with van der Waals surface area (Å²) in [6, 6.07) is 14.3. The molecule has 2 N–H and O–H groups in total. The van der Waals surface area contributed by atoms with Crippen LogP contribution < -0.4 is 10.9 Å². The molecule has 0 spiro atoms. The number of allylic oxidation sites excluding steroid dienone is 2. The Balaban J connectivity index is 2.03. The molecular formula is C17H15N3O4. The number of carbonyl (C=O) groups excluding carboxylic acids is 2. The van der Waals surface area contributed by atoms with E-state index >= 15 is 0 Å². The van der Waals surface area contributed by atoms with Gasteiger partial charge in [0.05, 0.1) is 4.92 Å². The van der Waals surface area contributed by atoms with E-state index in [-0.39, 0.29) is 17.0 Å². The summed E-state index contributed by atoms with van der Waals surface area (Å²) in [6.45, 7) is 1.60. The Bertz CT molecular complexity index is 800. The third-order valence-electron chi connectivity index (χ3n) is 3.12. The first kappa shape index (κ1) is 16.9. The molecule has 0 saturated carbocycles. The second-order valence-electron chi connectivity index (χ2n) is 4.91. The predicted octanol–water partition coefficient (Wildman–Crippen LogP) is 2.62. The first-order valence-electron chi connectivity index (χ1n) is 7.06. The molecule has 2 rings (SSSR count). The van der Waals surface area contributed by atoms with Crippen molar-refractivity contribution in [1.29, 1.82) is 0 Å². The summed E-state index contributed by atoms with van der Waals surface area (Å²) in [5, 5.41) is 10.9. The monoisotopic (exact) mass is 325 g/mol. The summed E-state index contributed by atoms with van der Waals surface area (Å²) in [6.07, 6.45) is 1.33. The van der Waals surface area contributed by atoms with Crippen molar-refractivity contribution < 1.29 is 14.5 Å². The zero-order chi connectivity index (χ0) is 17.5. The van der Waals surface area contributed by atoms with Crippen molar-refractivity contribution in [2.75, 3.05) is 0 Å². The van der Waals surface area contributed by atoms with Gasteiger partial charge < -0.3 is 5.43 Å². The molecule has 1 amide bonds. The van der Waals surface area contributed by atoms with Crippen LogP contribution in [0.3, 0.4) is 0 Å². The molecule has 0 aliphatic rings. The zero-order valence-electron chi connectivity index (χ0n) is 12.9. The number of carbonyl (C=O) groups is 2. The van der Waals surface area contributed by atoms with E-state index in [9.17, 15) is 19.7 Å². The van der Waals surface area contributed by atoms with E-state index in [2.05, 4.69) is 10.9 Å². The summed E-state index contributed by atoms with van der Waals surface area (Å²) in [4.78, 5) is 34.3. The summed E-state index contributed by atoms with van der Waals surface area (Å²) in [5.74, 6) is -0.886. The molecule has 7 heteroatoms. The lowest BCUT2D eigenvalue weighted by molar-refractivity contribution is -0.385. The van der Waals surface area contributed by atoms with Crippen molar-refractivity contribution in [3.63, 3.8) is 0 Å². The Kier molecular flexibility index (Phi) is 5.40. The molecule has 7 nitrogen and oxygen atoms in total. The highest BCUT2D eigenvalue weighted by atomic mass is 16.6. The van der Waals surface area contributed by atoms with Gasteiger partial charge in [-0.15, -0.1) is 0 Å². The molecule has 122 valence electrons. The van der Waals surface area contributed by atoms with Crippen LogP contribution in [-0.4, -0.2) is 16.6 Å². The highest BCUT2D eigenvalue weighted by Crippen LogP contribution is 2.17. The molecule has 2 aromatic carbocycles. The van der Waals surface area contributed by atoms with Gasteiger partial charge in [0, 0.05) is 23.4 Å². The van der Waals surface area contributed by atoms with Gasteiger partial charge >= 0.3 is 0 Å². The Morgan fingerprint density at radius 2 is 1.62 bits per heavy atom. The van der Waals surface area contributed by atoms with Crippen molar-refractivity contribution in [3.8, 4) is 0 Å². The number of rotatable bonds is 6. The van der Waals surface area contributed by atoms with E-state index in [0.717, 1.165) is 0 Å². The molecule has 0 atom stereocenters. The lowest BCUT2D eigenvalue weighted by atomic mass is 10.1. The van der Waals surface area contributed by atoms with Crippen molar-refractivity contribution in [2.45, 2.75) is 6.92 Å². The number of benzene rings is 2. The van der Waals surface area contributed by atoms with Crippen molar-refractivity contribution in [1.82, 2.24) is 10.9 Å². The third-order valence-corrected chi connectivity index (χ3v) is 3.12. The van der Waals surface area contributed by atoms with Gasteiger partial charge in [-0.05, 0) is 13.0 Å². The minimum absolute atomic E-state index is 0.0721. The van der Waals surface area contributed by atoms with Gasteiger partial charge in [-0.25, -0.2) is 0 Å². The summed E-state index contributed by atoms with van der Waals surface area (Å²) in [5.41, 5.74) is 5.45. The first-order chi connectivity index (χ1) is 11.5. The topological polar surface area (TPSA) is 101 Å². The van der Waals surface area contributed by atoms with Crippen molar-refractivity contribution in [3.05, 3.63) is 87.6 Å². The number of hydrogen-bond donors (Lipinski definition) is 2. The second-order valence-corrected chi connectivity index (χ2v) is 4.91.